The molecule has 7 aromatic rings. The summed E-state index contributed by atoms with van der Waals surface area (Å²) in [6, 6.07) is 55.6. The zero-order chi connectivity index (χ0) is 40.9. The van der Waals surface area contributed by atoms with Crippen LogP contribution in [0.15, 0.2) is 146 Å². The molecule has 1 heteroatoms. The molecular weight excluding hydrogens is 699 g/mol. The Morgan fingerprint density at radius 1 is 0.362 bits per heavy atom. The standard InChI is InChI=1S/C57H57N/c1-36-17-23-44(24-18-36)58(43-15-13-12-14-16-43)45-30-39(37-19-25-46-48-27-21-41(54(2,3)4)34-52(48)56(8,9)50(46)32-37)29-40(31-45)38-20-26-47-49-28-22-42(55(5,6)7)35-53(49)57(10,11)51(47)33-38/h12-35H,1-11H3. The molecule has 0 saturated carbocycles. The smallest absolute Gasteiger partial charge is 0.0473 e. The summed E-state index contributed by atoms with van der Waals surface area (Å²) >= 11 is 0. The van der Waals surface area contributed by atoms with Crippen LogP contribution in [-0.4, -0.2) is 0 Å². The van der Waals surface area contributed by atoms with Gasteiger partial charge in [-0.25, -0.2) is 0 Å². The summed E-state index contributed by atoms with van der Waals surface area (Å²) < 4.78 is 0. The lowest BCUT2D eigenvalue weighted by Crippen LogP contribution is -2.17. The van der Waals surface area contributed by atoms with Crippen molar-refractivity contribution < 1.29 is 0 Å². The normalized spacial score (nSPS) is 14.7. The minimum Gasteiger partial charge on any atom is -0.310 e. The average molecular weight is 756 g/mol. The Morgan fingerprint density at radius 2 is 0.759 bits per heavy atom. The second-order valence-electron chi connectivity index (χ2n) is 20.1. The third kappa shape index (κ3) is 6.22. The van der Waals surface area contributed by atoms with Gasteiger partial charge in [0.15, 0.2) is 0 Å². The van der Waals surface area contributed by atoms with E-state index in [0.29, 0.717) is 0 Å². The van der Waals surface area contributed by atoms with Crippen molar-refractivity contribution in [2.75, 3.05) is 4.90 Å². The van der Waals surface area contributed by atoms with E-state index < -0.39 is 0 Å². The Kier molecular flexibility index (Phi) is 8.61. The molecule has 0 atom stereocenters. The minimum absolute atomic E-state index is 0.0922. The van der Waals surface area contributed by atoms with E-state index in [4.69, 9.17) is 0 Å². The summed E-state index contributed by atoms with van der Waals surface area (Å²) in [5, 5.41) is 0. The largest absolute Gasteiger partial charge is 0.310 e. The van der Waals surface area contributed by atoms with Crippen molar-refractivity contribution in [2.45, 2.75) is 97.8 Å². The van der Waals surface area contributed by atoms with Gasteiger partial charge in [0.2, 0.25) is 0 Å². The first-order valence-electron chi connectivity index (χ1n) is 21.1. The summed E-state index contributed by atoms with van der Waals surface area (Å²) in [5.74, 6) is 0. The average Bonchev–Trinajstić information content (AvgIpc) is 3.56. The Hall–Kier alpha value is -5.66. The SMILES string of the molecule is Cc1ccc(N(c2ccccc2)c2cc(-c3ccc4c(c3)C(C)(C)c3cc(C(C)(C)C)ccc3-4)cc(-c3ccc4c(c3)C(C)(C)c3cc(C(C)(C)C)ccc3-4)c2)cc1. The molecule has 0 N–H and O–H groups in total. The van der Waals surface area contributed by atoms with Crippen molar-refractivity contribution in [1.82, 2.24) is 0 Å². The fourth-order valence-corrected chi connectivity index (χ4v) is 9.56. The fraction of sp³-hybridized carbons (Fsp3) is 0.263. The Morgan fingerprint density at radius 3 is 1.19 bits per heavy atom. The van der Waals surface area contributed by atoms with Crippen molar-refractivity contribution in [2.24, 2.45) is 0 Å². The molecule has 2 aliphatic carbocycles. The van der Waals surface area contributed by atoms with E-state index in [9.17, 15) is 0 Å². The number of nitrogens with zero attached hydrogens (tertiary/aromatic N) is 1. The Labute approximate surface area is 347 Å². The van der Waals surface area contributed by atoms with Gasteiger partial charge in [-0.1, -0.05) is 166 Å². The van der Waals surface area contributed by atoms with Gasteiger partial charge in [0.05, 0.1) is 0 Å². The van der Waals surface area contributed by atoms with Gasteiger partial charge in [-0.2, -0.15) is 0 Å². The summed E-state index contributed by atoms with van der Waals surface area (Å²) in [6.07, 6.45) is 0. The first-order valence-corrected chi connectivity index (χ1v) is 21.1. The van der Waals surface area contributed by atoms with Crippen molar-refractivity contribution in [1.29, 1.82) is 0 Å². The van der Waals surface area contributed by atoms with Gasteiger partial charge in [-0.05, 0) is 150 Å². The fourth-order valence-electron chi connectivity index (χ4n) is 9.56. The number of rotatable bonds is 5. The van der Waals surface area contributed by atoms with E-state index in [1.807, 2.05) is 0 Å². The lowest BCUT2D eigenvalue weighted by Gasteiger charge is -2.27. The van der Waals surface area contributed by atoms with E-state index in [1.54, 1.807) is 0 Å². The van der Waals surface area contributed by atoms with E-state index in [1.165, 1.54) is 83.5 Å². The van der Waals surface area contributed by atoms with E-state index >= 15 is 0 Å². The quantitative estimate of drug-likeness (QED) is 0.169. The number of anilines is 3. The molecule has 58 heavy (non-hydrogen) atoms. The molecule has 0 fully saturated rings. The van der Waals surface area contributed by atoms with Crippen molar-refractivity contribution in [3.8, 4) is 44.5 Å². The maximum absolute atomic E-state index is 2.48. The second kappa shape index (κ2) is 13.2. The molecule has 7 aromatic carbocycles. The molecule has 9 rings (SSSR count). The van der Waals surface area contributed by atoms with Crippen LogP contribution in [0.2, 0.25) is 0 Å². The van der Waals surface area contributed by atoms with Gasteiger partial charge in [-0.3, -0.25) is 0 Å². The second-order valence-corrected chi connectivity index (χ2v) is 20.1. The molecule has 0 aliphatic heterocycles. The van der Waals surface area contributed by atoms with Gasteiger partial charge < -0.3 is 4.90 Å². The van der Waals surface area contributed by atoms with Crippen LogP contribution in [0.25, 0.3) is 44.5 Å². The molecule has 0 unspecified atom stereocenters. The van der Waals surface area contributed by atoms with Crippen LogP contribution in [0.4, 0.5) is 17.1 Å². The number of fused-ring (bicyclic) bond motifs is 6. The number of aryl methyl sites for hydroxylation is 1. The maximum Gasteiger partial charge on any atom is 0.0473 e. The zero-order valence-electron chi connectivity index (χ0n) is 36.3. The van der Waals surface area contributed by atoms with Crippen LogP contribution in [0.3, 0.4) is 0 Å². The van der Waals surface area contributed by atoms with Crippen LogP contribution < -0.4 is 4.90 Å². The molecule has 2 aliphatic rings. The first-order chi connectivity index (χ1) is 27.4. The van der Waals surface area contributed by atoms with Crippen LogP contribution in [0, 0.1) is 6.92 Å². The van der Waals surface area contributed by atoms with Crippen LogP contribution in [-0.2, 0) is 21.7 Å². The molecular formula is C57H57N. The van der Waals surface area contributed by atoms with Crippen molar-refractivity contribution in [3.05, 3.63) is 185 Å². The monoisotopic (exact) mass is 755 g/mol. The molecule has 0 bridgehead atoms. The molecule has 0 radical (unpaired) electrons. The van der Waals surface area contributed by atoms with Gasteiger partial charge in [0.25, 0.3) is 0 Å². The van der Waals surface area contributed by atoms with Crippen LogP contribution in [0.5, 0.6) is 0 Å². The Bertz CT molecular complexity index is 2580. The number of hydrogen-bond donors (Lipinski definition) is 0. The van der Waals surface area contributed by atoms with Crippen molar-refractivity contribution >= 4 is 17.1 Å². The van der Waals surface area contributed by atoms with Crippen LogP contribution >= 0.6 is 0 Å². The zero-order valence-corrected chi connectivity index (χ0v) is 36.3. The minimum atomic E-state index is -0.117. The summed E-state index contributed by atoms with van der Waals surface area (Å²) in [6.45, 7) is 25.6. The Balaban J connectivity index is 1.23. The highest BCUT2D eigenvalue weighted by molar-refractivity contribution is 5.90. The molecule has 0 saturated heterocycles. The summed E-state index contributed by atoms with van der Waals surface area (Å²) in [5.41, 5.74) is 23.3. The topological polar surface area (TPSA) is 3.24 Å². The lowest BCUT2D eigenvalue weighted by molar-refractivity contribution is 0.584. The first kappa shape index (κ1) is 37.9. The molecule has 0 amide bonds. The van der Waals surface area contributed by atoms with E-state index in [-0.39, 0.29) is 21.7 Å². The van der Waals surface area contributed by atoms with Crippen LogP contribution in [0.1, 0.15) is 108 Å². The molecule has 0 heterocycles. The molecule has 0 spiro atoms. The number of hydrogen-bond acceptors (Lipinski definition) is 1. The third-order valence-corrected chi connectivity index (χ3v) is 13.2. The van der Waals surface area contributed by atoms with E-state index in [2.05, 4.69) is 227 Å². The maximum atomic E-state index is 2.48. The highest BCUT2D eigenvalue weighted by Crippen LogP contribution is 2.53. The van der Waals surface area contributed by atoms with Gasteiger partial charge in [0, 0.05) is 27.9 Å². The predicted molar refractivity (Wildman–Crippen MR) is 249 cm³/mol. The number of para-hydroxylation sites is 1. The highest BCUT2D eigenvalue weighted by atomic mass is 15.1. The number of benzene rings is 7. The summed E-state index contributed by atoms with van der Waals surface area (Å²) in [4.78, 5) is 2.41. The van der Waals surface area contributed by atoms with E-state index in [0.717, 1.165) is 17.1 Å². The summed E-state index contributed by atoms with van der Waals surface area (Å²) in [7, 11) is 0. The lowest BCUT2D eigenvalue weighted by atomic mass is 9.78. The van der Waals surface area contributed by atoms with Gasteiger partial charge in [-0.15, -0.1) is 0 Å². The van der Waals surface area contributed by atoms with Crippen molar-refractivity contribution in [3.63, 3.8) is 0 Å². The predicted octanol–water partition coefficient (Wildman–Crippen LogP) is 16.0. The van der Waals surface area contributed by atoms with Gasteiger partial charge >= 0.3 is 0 Å². The molecule has 1 nitrogen and oxygen atoms in total. The van der Waals surface area contributed by atoms with Gasteiger partial charge in [0.1, 0.15) is 0 Å². The molecule has 290 valence electrons. The molecule has 0 aromatic heterocycles. The third-order valence-electron chi connectivity index (χ3n) is 13.2. The highest BCUT2D eigenvalue weighted by Gasteiger charge is 2.38.